The summed E-state index contributed by atoms with van der Waals surface area (Å²) >= 11 is 0. The predicted octanol–water partition coefficient (Wildman–Crippen LogP) is 4.55. The Labute approximate surface area is 177 Å². The van der Waals surface area contributed by atoms with E-state index < -0.39 is 9.84 Å². The van der Waals surface area contributed by atoms with E-state index in [4.69, 9.17) is 4.74 Å². The third kappa shape index (κ3) is 5.48. The number of hydrogen-bond acceptors (Lipinski definition) is 4. The van der Waals surface area contributed by atoms with Gasteiger partial charge in [0.1, 0.15) is 12.4 Å². The third-order valence-corrected chi connectivity index (χ3v) is 5.92. The molecule has 30 heavy (non-hydrogen) atoms. The zero-order valence-electron chi connectivity index (χ0n) is 17.0. The van der Waals surface area contributed by atoms with Gasteiger partial charge in [0.15, 0.2) is 9.84 Å². The van der Waals surface area contributed by atoms with Gasteiger partial charge in [-0.05, 0) is 41.8 Å². The van der Waals surface area contributed by atoms with E-state index in [1.807, 2.05) is 43.3 Å². The van der Waals surface area contributed by atoms with Gasteiger partial charge in [-0.1, -0.05) is 61.5 Å². The van der Waals surface area contributed by atoms with Gasteiger partial charge in [-0.2, -0.15) is 0 Å². The molecule has 0 saturated heterocycles. The first-order valence-electron chi connectivity index (χ1n) is 9.75. The number of rotatable bonds is 8. The predicted molar refractivity (Wildman–Crippen MR) is 117 cm³/mol. The molecular formula is C24H25NO4S. The maximum Gasteiger partial charge on any atom is 0.255 e. The number of carbonyl (C=O) groups is 1. The Morgan fingerprint density at radius 1 is 0.933 bits per heavy atom. The Hall–Kier alpha value is -3.12. The Bertz CT molecular complexity index is 1090. The molecule has 0 spiro atoms. The standard InChI is InChI=1S/C24H25NO4S/c1-3-22(19-13-15-20(16-14-19)30(2,27)28)25-24(26)21-11-7-8-12-23(21)29-17-18-9-5-4-6-10-18/h4-16,22H,3,17H2,1-2H3,(H,25,26)/t22-/m0/s1. The largest absolute Gasteiger partial charge is 0.488 e. The number of sulfone groups is 1. The fraction of sp³-hybridized carbons (Fsp3) is 0.208. The minimum absolute atomic E-state index is 0.238. The van der Waals surface area contributed by atoms with Crippen LogP contribution in [0, 0.1) is 0 Å². The van der Waals surface area contributed by atoms with E-state index in [1.165, 1.54) is 6.26 Å². The molecule has 5 nitrogen and oxygen atoms in total. The molecule has 156 valence electrons. The minimum Gasteiger partial charge on any atom is -0.488 e. The summed E-state index contributed by atoms with van der Waals surface area (Å²) in [6, 6.07) is 23.3. The first-order valence-corrected chi connectivity index (χ1v) is 11.6. The van der Waals surface area contributed by atoms with Crippen molar-refractivity contribution in [2.45, 2.75) is 30.9 Å². The van der Waals surface area contributed by atoms with E-state index in [2.05, 4.69) is 5.32 Å². The first kappa shape index (κ1) is 21.6. The van der Waals surface area contributed by atoms with Crippen LogP contribution < -0.4 is 10.1 Å². The molecule has 3 aromatic carbocycles. The Balaban J connectivity index is 1.74. The van der Waals surface area contributed by atoms with Crippen LogP contribution in [0.25, 0.3) is 0 Å². The van der Waals surface area contributed by atoms with E-state index in [-0.39, 0.29) is 16.8 Å². The van der Waals surface area contributed by atoms with Crippen LogP contribution in [0.4, 0.5) is 0 Å². The monoisotopic (exact) mass is 423 g/mol. The summed E-state index contributed by atoms with van der Waals surface area (Å²) in [6.07, 6.45) is 1.84. The van der Waals surface area contributed by atoms with Crippen LogP contribution in [0.2, 0.25) is 0 Å². The molecule has 3 rings (SSSR count). The van der Waals surface area contributed by atoms with Crippen LogP contribution in [0.5, 0.6) is 5.75 Å². The molecule has 0 aliphatic carbocycles. The van der Waals surface area contributed by atoms with Crippen molar-refractivity contribution >= 4 is 15.7 Å². The van der Waals surface area contributed by atoms with Crippen LogP contribution in [-0.4, -0.2) is 20.6 Å². The fourth-order valence-electron chi connectivity index (χ4n) is 3.12. The second-order valence-corrected chi connectivity index (χ2v) is 9.06. The maximum absolute atomic E-state index is 13.0. The van der Waals surface area contributed by atoms with Crippen molar-refractivity contribution in [2.24, 2.45) is 0 Å². The highest BCUT2D eigenvalue weighted by molar-refractivity contribution is 7.90. The van der Waals surface area contributed by atoms with E-state index in [0.29, 0.717) is 24.3 Å². The van der Waals surface area contributed by atoms with E-state index in [0.717, 1.165) is 11.1 Å². The molecule has 0 aliphatic heterocycles. The Morgan fingerprint density at radius 3 is 2.20 bits per heavy atom. The van der Waals surface area contributed by atoms with Gasteiger partial charge in [0, 0.05) is 6.26 Å². The van der Waals surface area contributed by atoms with Crippen molar-refractivity contribution in [1.29, 1.82) is 0 Å². The molecule has 0 aliphatic rings. The molecule has 0 aromatic heterocycles. The fourth-order valence-corrected chi connectivity index (χ4v) is 3.75. The molecule has 1 N–H and O–H groups in total. The maximum atomic E-state index is 13.0. The summed E-state index contributed by atoms with van der Waals surface area (Å²) in [7, 11) is -3.26. The number of carbonyl (C=O) groups excluding carboxylic acids is 1. The van der Waals surface area contributed by atoms with E-state index in [9.17, 15) is 13.2 Å². The highest BCUT2D eigenvalue weighted by atomic mass is 32.2. The van der Waals surface area contributed by atoms with Crippen molar-refractivity contribution in [3.8, 4) is 5.75 Å². The smallest absolute Gasteiger partial charge is 0.255 e. The van der Waals surface area contributed by atoms with Crippen LogP contribution in [0.3, 0.4) is 0 Å². The second-order valence-electron chi connectivity index (χ2n) is 7.05. The van der Waals surface area contributed by atoms with Crippen molar-refractivity contribution in [3.05, 3.63) is 95.6 Å². The van der Waals surface area contributed by atoms with E-state index >= 15 is 0 Å². The number of para-hydroxylation sites is 1. The molecule has 1 atom stereocenters. The van der Waals surface area contributed by atoms with Gasteiger partial charge in [0.2, 0.25) is 0 Å². The lowest BCUT2D eigenvalue weighted by atomic mass is 10.0. The Morgan fingerprint density at radius 2 is 1.57 bits per heavy atom. The van der Waals surface area contributed by atoms with Crippen molar-refractivity contribution < 1.29 is 17.9 Å². The average Bonchev–Trinajstić information content (AvgIpc) is 2.76. The lowest BCUT2D eigenvalue weighted by Crippen LogP contribution is -2.28. The molecule has 0 fully saturated rings. The highest BCUT2D eigenvalue weighted by Crippen LogP contribution is 2.23. The van der Waals surface area contributed by atoms with Crippen LogP contribution >= 0.6 is 0 Å². The number of benzene rings is 3. The molecule has 0 unspecified atom stereocenters. The summed E-state index contributed by atoms with van der Waals surface area (Å²) in [5, 5.41) is 3.03. The lowest BCUT2D eigenvalue weighted by Gasteiger charge is -2.19. The summed E-state index contributed by atoms with van der Waals surface area (Å²) in [4.78, 5) is 13.2. The quantitative estimate of drug-likeness (QED) is 0.577. The zero-order chi connectivity index (χ0) is 21.6. The van der Waals surface area contributed by atoms with Gasteiger partial charge >= 0.3 is 0 Å². The van der Waals surface area contributed by atoms with Gasteiger partial charge in [-0.25, -0.2) is 8.42 Å². The number of hydrogen-bond donors (Lipinski definition) is 1. The lowest BCUT2D eigenvalue weighted by molar-refractivity contribution is 0.0931. The molecule has 0 radical (unpaired) electrons. The molecule has 6 heteroatoms. The summed E-state index contributed by atoms with van der Waals surface area (Å²) in [5.74, 6) is 0.277. The number of amides is 1. The molecule has 0 bridgehead atoms. The van der Waals surface area contributed by atoms with Gasteiger partial charge in [-0.3, -0.25) is 4.79 Å². The normalized spacial score (nSPS) is 12.2. The zero-order valence-corrected chi connectivity index (χ0v) is 17.9. The molecular weight excluding hydrogens is 398 g/mol. The van der Waals surface area contributed by atoms with Crippen molar-refractivity contribution in [1.82, 2.24) is 5.32 Å². The number of ether oxygens (including phenoxy) is 1. The minimum atomic E-state index is -3.26. The molecule has 0 saturated carbocycles. The second kappa shape index (κ2) is 9.59. The average molecular weight is 424 g/mol. The summed E-state index contributed by atoms with van der Waals surface area (Å²) in [6.45, 7) is 2.34. The van der Waals surface area contributed by atoms with Crippen LogP contribution in [0.1, 0.15) is 40.9 Å². The molecule has 1 amide bonds. The molecule has 3 aromatic rings. The van der Waals surface area contributed by atoms with Gasteiger partial charge < -0.3 is 10.1 Å². The Kier molecular flexibility index (Phi) is 6.90. The van der Waals surface area contributed by atoms with Crippen LogP contribution in [0.15, 0.2) is 83.8 Å². The third-order valence-electron chi connectivity index (χ3n) is 4.79. The number of nitrogens with one attached hydrogen (secondary N) is 1. The topological polar surface area (TPSA) is 72.5 Å². The van der Waals surface area contributed by atoms with E-state index in [1.54, 1.807) is 42.5 Å². The SMILES string of the molecule is CC[C@H](NC(=O)c1ccccc1OCc1ccccc1)c1ccc(S(C)(=O)=O)cc1. The summed E-state index contributed by atoms with van der Waals surface area (Å²) in [5.41, 5.74) is 2.32. The van der Waals surface area contributed by atoms with Gasteiger partial charge in [0.25, 0.3) is 5.91 Å². The first-order chi connectivity index (χ1) is 14.4. The highest BCUT2D eigenvalue weighted by Gasteiger charge is 2.18. The van der Waals surface area contributed by atoms with Crippen molar-refractivity contribution in [2.75, 3.05) is 6.26 Å². The summed E-state index contributed by atoms with van der Waals surface area (Å²) < 4.78 is 29.2. The van der Waals surface area contributed by atoms with Gasteiger partial charge in [0.05, 0.1) is 16.5 Å². The van der Waals surface area contributed by atoms with Gasteiger partial charge in [-0.15, -0.1) is 0 Å². The van der Waals surface area contributed by atoms with Crippen molar-refractivity contribution in [3.63, 3.8) is 0 Å². The van der Waals surface area contributed by atoms with Crippen LogP contribution in [-0.2, 0) is 16.4 Å². The molecule has 0 heterocycles.